The first-order valence-corrected chi connectivity index (χ1v) is 11.3. The number of carbonyl (C=O) groups excluding carboxylic acids is 1. The summed E-state index contributed by atoms with van der Waals surface area (Å²) in [6.45, 7) is 0.634. The van der Waals surface area contributed by atoms with Gasteiger partial charge in [-0.25, -0.2) is 0 Å². The number of anilines is 1. The summed E-state index contributed by atoms with van der Waals surface area (Å²) in [6.07, 6.45) is 1.76. The molecule has 0 aliphatic heterocycles. The Bertz CT molecular complexity index is 1260. The normalized spacial score (nSPS) is 10.9. The van der Waals surface area contributed by atoms with Gasteiger partial charge in [-0.2, -0.15) is 5.10 Å². The van der Waals surface area contributed by atoms with E-state index in [-0.39, 0.29) is 12.4 Å². The van der Waals surface area contributed by atoms with Crippen LogP contribution in [0.15, 0.2) is 69.7 Å². The molecule has 1 amide bonds. The molecule has 4 aromatic rings. The van der Waals surface area contributed by atoms with E-state index >= 15 is 0 Å². The van der Waals surface area contributed by atoms with Gasteiger partial charge in [0.15, 0.2) is 11.6 Å². The van der Waals surface area contributed by atoms with Crippen molar-refractivity contribution in [3.8, 4) is 5.75 Å². The van der Waals surface area contributed by atoms with Gasteiger partial charge in [-0.05, 0) is 70.0 Å². The van der Waals surface area contributed by atoms with Gasteiger partial charge in [0.2, 0.25) is 0 Å². The molecule has 0 spiro atoms. The Morgan fingerprint density at radius 1 is 1.06 bits per heavy atom. The predicted octanol–water partition coefficient (Wildman–Crippen LogP) is 7.08. The van der Waals surface area contributed by atoms with Crippen LogP contribution in [-0.4, -0.2) is 15.7 Å². The van der Waals surface area contributed by atoms with Crippen LogP contribution in [-0.2, 0) is 13.2 Å². The lowest BCUT2D eigenvalue weighted by molar-refractivity contribution is 0.0992. The molecule has 1 N–H and O–H groups in total. The number of halogens is 4. The third-order valence-electron chi connectivity index (χ3n) is 4.36. The maximum atomic E-state index is 12.6. The molecule has 4 rings (SSSR count). The summed E-state index contributed by atoms with van der Waals surface area (Å²) >= 11 is 21.3. The van der Waals surface area contributed by atoms with Crippen molar-refractivity contribution in [3.05, 3.63) is 97.4 Å². The molecule has 2 aromatic carbocycles. The highest BCUT2D eigenvalue weighted by Gasteiger charge is 2.16. The molecule has 2 heterocycles. The molecule has 2 aromatic heterocycles. The van der Waals surface area contributed by atoms with E-state index in [1.807, 2.05) is 6.07 Å². The fraction of sp³-hybridized carbons (Fsp3) is 0.0909. The Kier molecular flexibility index (Phi) is 7.10. The Labute approximate surface area is 207 Å². The van der Waals surface area contributed by atoms with Crippen molar-refractivity contribution in [2.45, 2.75) is 13.2 Å². The van der Waals surface area contributed by atoms with Gasteiger partial charge in [-0.15, -0.1) is 0 Å². The van der Waals surface area contributed by atoms with Crippen LogP contribution in [0.2, 0.25) is 15.1 Å². The summed E-state index contributed by atoms with van der Waals surface area (Å²) < 4.78 is 13.5. The first kappa shape index (κ1) is 22.7. The quantitative estimate of drug-likeness (QED) is 0.265. The van der Waals surface area contributed by atoms with Crippen molar-refractivity contribution in [2.75, 3.05) is 5.32 Å². The highest BCUT2D eigenvalue weighted by molar-refractivity contribution is 9.10. The SMILES string of the molecule is O=C(Nc1nn(Cc2ccc(Cl)c(Cl)c2)cc1Br)c1ccc(COc2ccc(Cl)cc2)o1. The number of nitrogens with one attached hydrogen (secondary N) is 1. The molecule has 164 valence electrons. The number of ether oxygens (including phenoxy) is 1. The van der Waals surface area contributed by atoms with E-state index in [1.54, 1.807) is 59.4 Å². The van der Waals surface area contributed by atoms with Crippen molar-refractivity contribution in [2.24, 2.45) is 0 Å². The van der Waals surface area contributed by atoms with Crippen LogP contribution in [0, 0.1) is 0 Å². The minimum atomic E-state index is -0.428. The fourth-order valence-corrected chi connectivity index (χ4v) is 3.68. The van der Waals surface area contributed by atoms with Crippen LogP contribution < -0.4 is 10.1 Å². The van der Waals surface area contributed by atoms with Crippen molar-refractivity contribution in [1.29, 1.82) is 0 Å². The molecule has 6 nitrogen and oxygen atoms in total. The van der Waals surface area contributed by atoms with Crippen LogP contribution in [0.1, 0.15) is 21.9 Å². The van der Waals surface area contributed by atoms with Crippen LogP contribution in [0.3, 0.4) is 0 Å². The summed E-state index contributed by atoms with van der Waals surface area (Å²) in [5.41, 5.74) is 0.920. The van der Waals surface area contributed by atoms with Gasteiger partial charge < -0.3 is 14.5 Å². The topological polar surface area (TPSA) is 69.3 Å². The number of nitrogens with zero attached hydrogens (tertiary/aromatic N) is 2. The van der Waals surface area contributed by atoms with E-state index in [0.29, 0.717) is 43.4 Å². The van der Waals surface area contributed by atoms with Gasteiger partial charge in [0.1, 0.15) is 18.1 Å². The second kappa shape index (κ2) is 10.0. The number of benzene rings is 2. The van der Waals surface area contributed by atoms with Crippen molar-refractivity contribution in [1.82, 2.24) is 9.78 Å². The molecular formula is C22H15BrCl3N3O3. The van der Waals surface area contributed by atoms with Crippen molar-refractivity contribution >= 4 is 62.5 Å². The Morgan fingerprint density at radius 2 is 1.84 bits per heavy atom. The molecule has 0 aliphatic carbocycles. The molecule has 10 heteroatoms. The monoisotopic (exact) mass is 553 g/mol. The minimum Gasteiger partial charge on any atom is -0.486 e. The Balaban J connectivity index is 1.37. The number of rotatable bonds is 7. The molecule has 0 unspecified atom stereocenters. The van der Waals surface area contributed by atoms with E-state index in [2.05, 4.69) is 26.3 Å². The highest BCUT2D eigenvalue weighted by atomic mass is 79.9. The maximum Gasteiger partial charge on any atom is 0.292 e. The smallest absolute Gasteiger partial charge is 0.292 e. The maximum absolute atomic E-state index is 12.6. The van der Waals surface area contributed by atoms with Gasteiger partial charge >= 0.3 is 0 Å². The first-order chi connectivity index (χ1) is 15.4. The average Bonchev–Trinajstić information content (AvgIpc) is 3.37. The molecule has 0 aliphatic rings. The Morgan fingerprint density at radius 3 is 2.59 bits per heavy atom. The fourth-order valence-electron chi connectivity index (χ4n) is 2.82. The zero-order valence-electron chi connectivity index (χ0n) is 16.3. The lowest BCUT2D eigenvalue weighted by atomic mass is 10.2. The molecule has 32 heavy (non-hydrogen) atoms. The number of furan rings is 1. The van der Waals surface area contributed by atoms with Crippen LogP contribution >= 0.6 is 50.7 Å². The molecular weight excluding hydrogens is 541 g/mol. The number of amides is 1. The summed E-state index contributed by atoms with van der Waals surface area (Å²) in [7, 11) is 0. The number of carbonyl (C=O) groups is 1. The molecule has 0 saturated carbocycles. The van der Waals surface area contributed by atoms with Gasteiger partial charge in [-0.1, -0.05) is 40.9 Å². The van der Waals surface area contributed by atoms with E-state index in [9.17, 15) is 4.79 Å². The third kappa shape index (κ3) is 5.66. The summed E-state index contributed by atoms with van der Waals surface area (Å²) in [5.74, 6) is 1.24. The van der Waals surface area contributed by atoms with Gasteiger partial charge in [0, 0.05) is 11.2 Å². The van der Waals surface area contributed by atoms with E-state index in [0.717, 1.165) is 5.56 Å². The van der Waals surface area contributed by atoms with Crippen LogP contribution in [0.4, 0.5) is 5.82 Å². The summed E-state index contributed by atoms with van der Waals surface area (Å²) in [6, 6.07) is 15.6. The Hall–Kier alpha value is -2.45. The first-order valence-electron chi connectivity index (χ1n) is 9.33. The summed E-state index contributed by atoms with van der Waals surface area (Å²) in [4.78, 5) is 12.6. The van der Waals surface area contributed by atoms with Gasteiger partial charge in [0.25, 0.3) is 5.91 Å². The number of hydrogen-bond acceptors (Lipinski definition) is 4. The van der Waals surface area contributed by atoms with Crippen molar-refractivity contribution < 1.29 is 13.9 Å². The zero-order valence-corrected chi connectivity index (χ0v) is 20.2. The van der Waals surface area contributed by atoms with Gasteiger partial charge in [-0.3, -0.25) is 9.48 Å². The lowest BCUT2D eigenvalue weighted by Gasteiger charge is -2.04. The molecule has 0 atom stereocenters. The molecule has 0 saturated heterocycles. The second-order valence-corrected chi connectivity index (χ2v) is 8.84. The highest BCUT2D eigenvalue weighted by Crippen LogP contribution is 2.25. The average molecular weight is 556 g/mol. The second-order valence-electron chi connectivity index (χ2n) is 6.73. The van der Waals surface area contributed by atoms with E-state index < -0.39 is 5.91 Å². The van der Waals surface area contributed by atoms with Crippen molar-refractivity contribution in [3.63, 3.8) is 0 Å². The van der Waals surface area contributed by atoms with Gasteiger partial charge in [0.05, 0.1) is 21.1 Å². The zero-order chi connectivity index (χ0) is 22.7. The molecule has 0 fully saturated rings. The standard InChI is InChI=1S/C22H15BrCl3N3O3/c23-17-11-29(10-13-1-7-18(25)19(26)9-13)28-21(17)27-22(30)20-8-6-16(32-20)12-31-15-4-2-14(24)3-5-15/h1-9,11H,10,12H2,(H,27,28,30). The molecule has 0 bridgehead atoms. The van der Waals surface area contributed by atoms with Crippen LogP contribution in [0.5, 0.6) is 5.75 Å². The number of hydrogen-bond donors (Lipinski definition) is 1. The largest absolute Gasteiger partial charge is 0.486 e. The van der Waals surface area contributed by atoms with E-state index in [1.165, 1.54) is 0 Å². The number of aromatic nitrogens is 2. The van der Waals surface area contributed by atoms with E-state index in [4.69, 9.17) is 44.0 Å². The lowest BCUT2D eigenvalue weighted by Crippen LogP contribution is -2.12. The summed E-state index contributed by atoms with van der Waals surface area (Å²) in [5, 5.41) is 8.71. The third-order valence-corrected chi connectivity index (χ3v) is 5.93. The predicted molar refractivity (Wildman–Crippen MR) is 128 cm³/mol. The minimum absolute atomic E-state index is 0.144. The molecule has 0 radical (unpaired) electrons. The van der Waals surface area contributed by atoms with Crippen LogP contribution in [0.25, 0.3) is 0 Å².